The quantitative estimate of drug-likeness (QED) is 0.754. The first-order valence-corrected chi connectivity index (χ1v) is 8.49. The Morgan fingerprint density at radius 1 is 1.62 bits per heavy atom. The van der Waals surface area contributed by atoms with Crippen LogP contribution in [0.15, 0.2) is 5.38 Å². The molecule has 1 fully saturated rings. The van der Waals surface area contributed by atoms with Crippen LogP contribution in [-0.2, 0) is 16.0 Å². The van der Waals surface area contributed by atoms with Gasteiger partial charge in [0.15, 0.2) is 5.13 Å². The number of esters is 1. The lowest BCUT2D eigenvalue weighted by molar-refractivity contribution is -0.143. The summed E-state index contributed by atoms with van der Waals surface area (Å²) >= 11 is 1.66. The van der Waals surface area contributed by atoms with Gasteiger partial charge in [-0.1, -0.05) is 0 Å². The predicted molar refractivity (Wildman–Crippen MR) is 86.0 cm³/mol. The van der Waals surface area contributed by atoms with Crippen molar-refractivity contribution in [3.63, 3.8) is 0 Å². The molecule has 6 heteroatoms. The highest BCUT2D eigenvalue weighted by Gasteiger charge is 2.23. The first kappa shape index (κ1) is 16.2. The van der Waals surface area contributed by atoms with Gasteiger partial charge in [-0.25, -0.2) is 4.98 Å². The molecule has 0 radical (unpaired) electrons. The van der Waals surface area contributed by atoms with Crippen LogP contribution in [0.25, 0.3) is 0 Å². The molecule has 21 heavy (non-hydrogen) atoms. The molecule has 0 aromatic carbocycles. The number of carbonyl (C=O) groups is 1. The smallest absolute Gasteiger partial charge is 0.306 e. The Morgan fingerprint density at radius 3 is 3.14 bits per heavy atom. The van der Waals surface area contributed by atoms with Gasteiger partial charge in [0.25, 0.3) is 0 Å². The minimum Gasteiger partial charge on any atom is -0.466 e. The number of anilines is 1. The normalized spacial score (nSPS) is 19.5. The molecule has 0 amide bonds. The van der Waals surface area contributed by atoms with E-state index in [9.17, 15) is 4.79 Å². The zero-order valence-electron chi connectivity index (χ0n) is 13.2. The molecule has 2 heterocycles. The second kappa shape index (κ2) is 7.75. The van der Waals surface area contributed by atoms with E-state index in [1.165, 1.54) is 19.4 Å². The van der Waals surface area contributed by atoms with Crippen molar-refractivity contribution >= 4 is 22.4 Å². The Morgan fingerprint density at radius 2 is 2.43 bits per heavy atom. The van der Waals surface area contributed by atoms with Crippen LogP contribution in [-0.4, -0.2) is 55.7 Å². The van der Waals surface area contributed by atoms with Gasteiger partial charge in [0.05, 0.1) is 18.7 Å². The third kappa shape index (κ3) is 4.68. The van der Waals surface area contributed by atoms with Crippen LogP contribution in [0, 0.1) is 0 Å². The fourth-order valence-corrected chi connectivity index (χ4v) is 3.55. The van der Waals surface area contributed by atoms with E-state index in [1.54, 1.807) is 11.3 Å². The van der Waals surface area contributed by atoms with Crippen LogP contribution >= 0.6 is 11.3 Å². The van der Waals surface area contributed by atoms with E-state index in [4.69, 9.17) is 4.74 Å². The monoisotopic (exact) mass is 311 g/mol. The van der Waals surface area contributed by atoms with Gasteiger partial charge in [-0.15, -0.1) is 11.3 Å². The van der Waals surface area contributed by atoms with Crippen LogP contribution in [0.1, 0.15) is 31.9 Å². The number of rotatable bonds is 6. The largest absolute Gasteiger partial charge is 0.466 e. The molecule has 1 aliphatic rings. The Kier molecular flexibility index (Phi) is 5.99. The highest BCUT2D eigenvalue weighted by atomic mass is 32.1. The molecule has 1 atom stereocenters. The summed E-state index contributed by atoms with van der Waals surface area (Å²) in [6, 6.07) is 0.535. The van der Waals surface area contributed by atoms with E-state index in [0.717, 1.165) is 17.4 Å². The summed E-state index contributed by atoms with van der Waals surface area (Å²) in [7, 11) is 4.30. The Hall–Kier alpha value is -1.14. The summed E-state index contributed by atoms with van der Waals surface area (Å²) in [4.78, 5) is 20.7. The van der Waals surface area contributed by atoms with Crippen molar-refractivity contribution in [3.8, 4) is 0 Å². The van der Waals surface area contributed by atoms with Crippen molar-refractivity contribution in [2.24, 2.45) is 0 Å². The van der Waals surface area contributed by atoms with Gasteiger partial charge in [-0.2, -0.15) is 0 Å². The van der Waals surface area contributed by atoms with Crippen LogP contribution in [0.4, 0.5) is 5.13 Å². The van der Waals surface area contributed by atoms with E-state index in [-0.39, 0.29) is 5.97 Å². The summed E-state index contributed by atoms with van der Waals surface area (Å²) in [6.07, 6.45) is 3.53. The molecule has 1 aromatic rings. The zero-order valence-corrected chi connectivity index (χ0v) is 14.0. The van der Waals surface area contributed by atoms with Crippen molar-refractivity contribution in [2.75, 3.05) is 38.7 Å². The highest BCUT2D eigenvalue weighted by molar-refractivity contribution is 7.13. The molecule has 118 valence electrons. The van der Waals surface area contributed by atoms with Crippen molar-refractivity contribution < 1.29 is 9.53 Å². The molecule has 0 bridgehead atoms. The Labute approximate surface area is 130 Å². The maximum Gasteiger partial charge on any atom is 0.306 e. The van der Waals surface area contributed by atoms with Crippen molar-refractivity contribution in [2.45, 2.75) is 38.6 Å². The fourth-order valence-electron chi connectivity index (χ4n) is 2.65. The maximum atomic E-state index is 11.4. The minimum atomic E-state index is -0.144. The average Bonchev–Trinajstić information content (AvgIpc) is 2.93. The minimum absolute atomic E-state index is 0.144. The fraction of sp³-hybridized carbons (Fsp3) is 0.733. The summed E-state index contributed by atoms with van der Waals surface area (Å²) in [6.45, 7) is 4.55. The number of hydrogen-bond donors (Lipinski definition) is 0. The highest BCUT2D eigenvalue weighted by Crippen LogP contribution is 2.25. The number of ether oxygens (including phenoxy) is 1. The molecular formula is C15H25N3O2S. The number of hydrogen-bond acceptors (Lipinski definition) is 6. The van der Waals surface area contributed by atoms with Gasteiger partial charge in [-0.05, 0) is 33.4 Å². The molecular weight excluding hydrogens is 286 g/mol. The molecule has 0 aliphatic carbocycles. The lowest BCUT2D eigenvalue weighted by Crippen LogP contribution is -2.45. The van der Waals surface area contributed by atoms with Gasteiger partial charge in [0, 0.05) is 31.4 Å². The molecule has 0 spiro atoms. The number of aryl methyl sites for hydroxylation is 1. The first-order chi connectivity index (χ1) is 10.1. The maximum absolute atomic E-state index is 11.4. The lowest BCUT2D eigenvalue weighted by atomic mass is 10.1. The standard InChI is InChI=1S/C15H25N3O2S/c1-4-20-14(19)8-7-12-11-21-15(16-12)18(3)13-6-5-9-17(2)10-13/h11,13H,4-10H2,1-3H3. The number of piperidine rings is 1. The summed E-state index contributed by atoms with van der Waals surface area (Å²) in [5.41, 5.74) is 0.985. The predicted octanol–water partition coefficient (Wildman–Crippen LogP) is 2.17. The average molecular weight is 311 g/mol. The molecule has 0 N–H and O–H groups in total. The molecule has 1 aromatic heterocycles. The Bertz CT molecular complexity index is 464. The van der Waals surface area contributed by atoms with Crippen LogP contribution < -0.4 is 4.90 Å². The van der Waals surface area contributed by atoms with Gasteiger partial charge in [-0.3, -0.25) is 4.79 Å². The van der Waals surface area contributed by atoms with E-state index >= 15 is 0 Å². The summed E-state index contributed by atoms with van der Waals surface area (Å²) in [5, 5.41) is 3.10. The summed E-state index contributed by atoms with van der Waals surface area (Å²) in [5.74, 6) is -0.144. The van der Waals surface area contributed by atoms with E-state index < -0.39 is 0 Å². The second-order valence-corrected chi connectivity index (χ2v) is 6.43. The number of likely N-dealkylation sites (N-methyl/N-ethyl adjacent to an activating group) is 2. The topological polar surface area (TPSA) is 45.7 Å². The Balaban J connectivity index is 1.88. The van der Waals surface area contributed by atoms with Crippen molar-refractivity contribution in [1.82, 2.24) is 9.88 Å². The van der Waals surface area contributed by atoms with Gasteiger partial charge in [0.2, 0.25) is 0 Å². The van der Waals surface area contributed by atoms with Crippen LogP contribution in [0.5, 0.6) is 0 Å². The zero-order chi connectivity index (χ0) is 15.2. The molecule has 2 rings (SSSR count). The summed E-state index contributed by atoms with van der Waals surface area (Å²) < 4.78 is 4.95. The molecule has 1 saturated heterocycles. The van der Waals surface area contributed by atoms with E-state index in [2.05, 4.69) is 34.3 Å². The van der Waals surface area contributed by atoms with Gasteiger partial charge < -0.3 is 14.5 Å². The third-order valence-electron chi connectivity index (χ3n) is 3.88. The molecule has 1 unspecified atom stereocenters. The van der Waals surface area contributed by atoms with Gasteiger partial charge >= 0.3 is 5.97 Å². The lowest BCUT2D eigenvalue weighted by Gasteiger charge is -2.35. The number of nitrogens with zero attached hydrogens (tertiary/aromatic N) is 3. The SMILES string of the molecule is CCOC(=O)CCc1csc(N(C)C2CCCN(C)C2)n1. The van der Waals surface area contributed by atoms with E-state index in [1.807, 2.05) is 6.92 Å². The third-order valence-corrected chi connectivity index (χ3v) is 4.86. The number of carbonyl (C=O) groups excluding carboxylic acids is 1. The second-order valence-electron chi connectivity index (χ2n) is 5.60. The van der Waals surface area contributed by atoms with E-state index in [0.29, 0.717) is 25.5 Å². The van der Waals surface area contributed by atoms with Crippen LogP contribution in [0.2, 0.25) is 0 Å². The van der Waals surface area contributed by atoms with Crippen molar-refractivity contribution in [1.29, 1.82) is 0 Å². The molecule has 1 aliphatic heterocycles. The number of thiazole rings is 1. The first-order valence-electron chi connectivity index (χ1n) is 7.61. The van der Waals surface area contributed by atoms with Crippen molar-refractivity contribution in [3.05, 3.63) is 11.1 Å². The van der Waals surface area contributed by atoms with Crippen LogP contribution in [0.3, 0.4) is 0 Å². The molecule has 0 saturated carbocycles. The molecule has 5 nitrogen and oxygen atoms in total. The van der Waals surface area contributed by atoms with Gasteiger partial charge in [0.1, 0.15) is 0 Å². The number of aromatic nitrogens is 1. The number of likely N-dealkylation sites (tertiary alicyclic amines) is 1.